The number of carbonyl (C=O) groups is 2. The van der Waals surface area contributed by atoms with E-state index in [0.29, 0.717) is 25.0 Å². The highest BCUT2D eigenvalue weighted by molar-refractivity contribution is 7.85. The van der Waals surface area contributed by atoms with Crippen molar-refractivity contribution in [2.75, 3.05) is 12.3 Å². The summed E-state index contributed by atoms with van der Waals surface area (Å²) in [5, 5.41) is 24.1. The standard InChI is InChI=1S/C26H43NO7S/c1-15(4-7-23(31)27-10-11-35(32,33)34)18-5-6-19-24-20(14-22(30)26(18,19)3)25(2)9-8-17(28)12-16(25)13-21(24)29/h15-21,24,28-29H,4-14H2,1-3H3,(H,27,31)(H,32,33,34)/t15-,16+,17-,18-,19+,20+,21-,24+,25+,26-/m1/s1. The van der Waals surface area contributed by atoms with Gasteiger partial charge in [-0.25, -0.2) is 0 Å². The number of carbonyl (C=O) groups excluding carboxylic acids is 2. The number of aliphatic hydroxyl groups is 2. The van der Waals surface area contributed by atoms with Crippen molar-refractivity contribution in [2.24, 2.45) is 46.3 Å². The maximum atomic E-state index is 13.8. The molecular weight excluding hydrogens is 470 g/mol. The van der Waals surface area contributed by atoms with Gasteiger partial charge in [-0.15, -0.1) is 0 Å². The molecule has 200 valence electrons. The topological polar surface area (TPSA) is 141 Å². The van der Waals surface area contributed by atoms with Gasteiger partial charge in [0.2, 0.25) is 5.91 Å². The molecule has 35 heavy (non-hydrogen) atoms. The fraction of sp³-hybridized carbons (Fsp3) is 0.923. The molecule has 0 bridgehead atoms. The second-order valence-corrected chi connectivity index (χ2v) is 14.0. The van der Waals surface area contributed by atoms with E-state index in [4.69, 9.17) is 4.55 Å². The minimum absolute atomic E-state index is 0.00996. The summed E-state index contributed by atoms with van der Waals surface area (Å²) in [5.74, 6) is 0.512. The van der Waals surface area contributed by atoms with Crippen LogP contribution in [0.3, 0.4) is 0 Å². The van der Waals surface area contributed by atoms with Crippen LogP contribution >= 0.6 is 0 Å². The van der Waals surface area contributed by atoms with Gasteiger partial charge < -0.3 is 15.5 Å². The lowest BCUT2D eigenvalue weighted by atomic mass is 9.43. The fourth-order valence-corrected chi connectivity index (χ4v) is 9.19. The van der Waals surface area contributed by atoms with E-state index in [0.717, 1.165) is 32.1 Å². The van der Waals surface area contributed by atoms with Crippen LogP contribution < -0.4 is 5.32 Å². The van der Waals surface area contributed by atoms with E-state index in [9.17, 15) is 28.2 Å². The number of hydrogen-bond acceptors (Lipinski definition) is 6. The summed E-state index contributed by atoms with van der Waals surface area (Å²) < 4.78 is 30.5. The summed E-state index contributed by atoms with van der Waals surface area (Å²) in [7, 11) is -4.11. The zero-order valence-corrected chi connectivity index (χ0v) is 22.1. The summed E-state index contributed by atoms with van der Waals surface area (Å²) in [6.07, 6.45) is 5.54. The van der Waals surface area contributed by atoms with Crippen LogP contribution in [0.15, 0.2) is 0 Å². The van der Waals surface area contributed by atoms with Crippen molar-refractivity contribution in [2.45, 2.75) is 90.8 Å². The van der Waals surface area contributed by atoms with E-state index in [-0.39, 0.29) is 65.9 Å². The third-order valence-electron chi connectivity index (χ3n) is 10.8. The summed E-state index contributed by atoms with van der Waals surface area (Å²) in [5.41, 5.74) is -0.510. The number of amides is 1. The smallest absolute Gasteiger partial charge is 0.266 e. The molecule has 0 aromatic carbocycles. The Bertz CT molecular complexity index is 938. The molecule has 4 aliphatic rings. The van der Waals surface area contributed by atoms with E-state index in [1.165, 1.54) is 0 Å². The number of aliphatic hydroxyl groups excluding tert-OH is 2. The summed E-state index contributed by atoms with van der Waals surface area (Å²) in [6.45, 7) is 6.37. The predicted octanol–water partition coefficient (Wildman–Crippen LogP) is 2.58. The van der Waals surface area contributed by atoms with Gasteiger partial charge in [-0.3, -0.25) is 14.1 Å². The number of rotatable bonds is 7. The molecule has 10 atom stereocenters. The molecule has 4 N–H and O–H groups in total. The predicted molar refractivity (Wildman–Crippen MR) is 131 cm³/mol. The maximum Gasteiger partial charge on any atom is 0.266 e. The molecule has 0 aromatic heterocycles. The summed E-state index contributed by atoms with van der Waals surface area (Å²) in [6, 6.07) is 0. The normalized spacial score (nSPS) is 44.2. The molecule has 0 saturated heterocycles. The number of fused-ring (bicyclic) bond motifs is 5. The van der Waals surface area contributed by atoms with Gasteiger partial charge in [0.15, 0.2) is 0 Å². The third kappa shape index (κ3) is 4.94. The highest BCUT2D eigenvalue weighted by Gasteiger charge is 2.65. The molecule has 4 saturated carbocycles. The van der Waals surface area contributed by atoms with Crippen molar-refractivity contribution in [3.8, 4) is 0 Å². The Morgan fingerprint density at radius 1 is 1.14 bits per heavy atom. The van der Waals surface area contributed by atoms with Crippen LogP contribution in [0.25, 0.3) is 0 Å². The maximum absolute atomic E-state index is 13.8. The average Bonchev–Trinajstić information content (AvgIpc) is 3.12. The van der Waals surface area contributed by atoms with Crippen molar-refractivity contribution >= 4 is 21.8 Å². The van der Waals surface area contributed by atoms with Crippen LogP contribution in [-0.4, -0.2) is 59.4 Å². The minimum Gasteiger partial charge on any atom is -0.393 e. The van der Waals surface area contributed by atoms with E-state index in [2.05, 4.69) is 26.1 Å². The van der Waals surface area contributed by atoms with Gasteiger partial charge in [0.1, 0.15) is 5.78 Å². The third-order valence-corrected chi connectivity index (χ3v) is 11.5. The molecule has 0 spiro atoms. The Morgan fingerprint density at radius 3 is 2.54 bits per heavy atom. The Labute approximate surface area is 209 Å². The molecule has 0 unspecified atom stereocenters. The van der Waals surface area contributed by atoms with Crippen molar-refractivity contribution in [3.63, 3.8) is 0 Å². The lowest BCUT2D eigenvalue weighted by Gasteiger charge is -2.61. The van der Waals surface area contributed by atoms with Gasteiger partial charge in [0, 0.05) is 24.8 Å². The van der Waals surface area contributed by atoms with Crippen LogP contribution in [0.5, 0.6) is 0 Å². The first-order valence-corrected chi connectivity index (χ1v) is 15.0. The fourth-order valence-electron chi connectivity index (χ4n) is 8.83. The molecule has 9 heteroatoms. The van der Waals surface area contributed by atoms with Crippen molar-refractivity contribution in [1.29, 1.82) is 0 Å². The Hall–Kier alpha value is -1.03. The monoisotopic (exact) mass is 513 g/mol. The first-order chi connectivity index (χ1) is 16.3. The quantitative estimate of drug-likeness (QED) is 0.383. The second kappa shape index (κ2) is 9.69. The number of hydrogen-bond donors (Lipinski definition) is 4. The number of Topliss-reactive ketones (excluding diaryl/α,β-unsaturated/α-hetero) is 1. The summed E-state index contributed by atoms with van der Waals surface area (Å²) in [4.78, 5) is 26.0. The van der Waals surface area contributed by atoms with Gasteiger partial charge in [-0.05, 0) is 85.9 Å². The van der Waals surface area contributed by atoms with E-state index in [1.807, 2.05) is 0 Å². The first-order valence-electron chi connectivity index (χ1n) is 13.4. The van der Waals surface area contributed by atoms with Crippen molar-refractivity contribution < 1.29 is 32.8 Å². The zero-order valence-electron chi connectivity index (χ0n) is 21.3. The van der Waals surface area contributed by atoms with Gasteiger partial charge in [-0.1, -0.05) is 20.8 Å². The highest BCUT2D eigenvalue weighted by Crippen LogP contribution is 2.67. The molecule has 4 aliphatic carbocycles. The second-order valence-electron chi connectivity index (χ2n) is 12.5. The molecule has 0 aliphatic heterocycles. The Morgan fingerprint density at radius 2 is 1.86 bits per heavy atom. The molecule has 0 aromatic rings. The van der Waals surface area contributed by atoms with Crippen LogP contribution in [0.4, 0.5) is 0 Å². The van der Waals surface area contributed by atoms with Crippen LogP contribution in [-0.2, 0) is 19.7 Å². The Balaban J connectivity index is 1.44. The van der Waals surface area contributed by atoms with Gasteiger partial charge in [0.05, 0.1) is 18.0 Å². The first kappa shape index (κ1) is 27.0. The van der Waals surface area contributed by atoms with Gasteiger partial charge >= 0.3 is 0 Å². The molecule has 0 radical (unpaired) electrons. The molecule has 1 amide bonds. The highest BCUT2D eigenvalue weighted by atomic mass is 32.2. The molecule has 4 rings (SSSR count). The zero-order chi connectivity index (χ0) is 25.8. The number of nitrogens with one attached hydrogen (secondary N) is 1. The van der Waals surface area contributed by atoms with E-state index >= 15 is 0 Å². The van der Waals surface area contributed by atoms with E-state index in [1.54, 1.807) is 0 Å². The summed E-state index contributed by atoms with van der Waals surface area (Å²) >= 11 is 0. The molecular formula is C26H43NO7S. The molecule has 0 heterocycles. The van der Waals surface area contributed by atoms with Crippen LogP contribution in [0.1, 0.15) is 78.6 Å². The van der Waals surface area contributed by atoms with Gasteiger partial charge in [0.25, 0.3) is 10.1 Å². The SMILES string of the molecule is C[C@H](CCC(=O)NCCS(=O)(=O)O)[C@H]1CC[C@H]2[C@@H]3[C@H](O)C[C@@H]4C[C@H](O)CC[C@]4(C)[C@H]3CC(=O)[C@]12C. The minimum atomic E-state index is -4.11. The van der Waals surface area contributed by atoms with Crippen LogP contribution in [0.2, 0.25) is 0 Å². The van der Waals surface area contributed by atoms with Crippen molar-refractivity contribution in [1.82, 2.24) is 5.32 Å². The average molecular weight is 514 g/mol. The largest absolute Gasteiger partial charge is 0.393 e. The van der Waals surface area contributed by atoms with Gasteiger partial charge in [-0.2, -0.15) is 8.42 Å². The lowest BCUT2D eigenvalue weighted by molar-refractivity contribution is -0.181. The lowest BCUT2D eigenvalue weighted by Crippen LogP contribution is -2.61. The molecule has 8 nitrogen and oxygen atoms in total. The Kier molecular flexibility index (Phi) is 7.48. The number of ketones is 1. The van der Waals surface area contributed by atoms with Crippen LogP contribution in [0, 0.1) is 46.3 Å². The van der Waals surface area contributed by atoms with Crippen molar-refractivity contribution in [3.05, 3.63) is 0 Å². The molecule has 4 fully saturated rings. The van der Waals surface area contributed by atoms with E-state index < -0.39 is 27.4 Å².